The molecule has 0 aliphatic carbocycles. The van der Waals surface area contributed by atoms with E-state index < -0.39 is 124 Å². The summed E-state index contributed by atoms with van der Waals surface area (Å²) >= 11 is 0. The van der Waals surface area contributed by atoms with E-state index in [1.54, 1.807) is 6.08 Å². The Hall–Kier alpha value is -2.77. The molecule has 0 aromatic carbocycles. The summed E-state index contributed by atoms with van der Waals surface area (Å²) < 4.78 is 34.1. The Morgan fingerprint density at radius 1 is 0.500 bits per heavy atom. The normalized spacial score (nSPS) is 32.0. The Morgan fingerprint density at radius 3 is 1.51 bits per heavy atom. The molecule has 74 heavy (non-hydrogen) atoms. The molecule has 12 N–H and O–H groups in total. The standard InChI is InChI=1S/C55H93NO18/c1-3-5-7-9-11-13-15-17-18-19-20-21-23-25-27-29-31-33-43(61)56-38(39(60)32-30-28-26-24-22-16-14-12-10-8-6-4-2)37-69-53-49(67)46(64)51(41(35-58)71-53)74-55-50(68)47(65)52(42(36-59)72-55)73-54-48(66)45(63)44(62)40(34-57)70-54/h5,7,10-13,17-18,22,24,30,32,38-42,44-55,57-60,62-68H,3-4,6,8-9,14-16,19-21,23,25-29,31,33-37H2,1-2H3,(H,56,61)/b7-5-,12-10+,13-11-,18-17-,24-22+,32-30+. The summed E-state index contributed by atoms with van der Waals surface area (Å²) in [4.78, 5) is 13.3. The van der Waals surface area contributed by atoms with E-state index in [-0.39, 0.29) is 18.9 Å². The number of ether oxygens (including phenoxy) is 6. The molecule has 426 valence electrons. The Kier molecular flexibility index (Phi) is 34.3. The van der Waals surface area contributed by atoms with Gasteiger partial charge in [-0.3, -0.25) is 4.79 Å². The number of aliphatic hydroxyl groups is 11. The van der Waals surface area contributed by atoms with Gasteiger partial charge in [0.15, 0.2) is 18.9 Å². The van der Waals surface area contributed by atoms with Crippen molar-refractivity contribution in [1.29, 1.82) is 0 Å². The van der Waals surface area contributed by atoms with Crippen molar-refractivity contribution in [3.8, 4) is 0 Å². The molecule has 0 saturated carbocycles. The lowest BCUT2D eigenvalue weighted by atomic mass is 9.96. The van der Waals surface area contributed by atoms with Crippen molar-refractivity contribution < 1.29 is 89.4 Å². The van der Waals surface area contributed by atoms with Crippen molar-refractivity contribution in [2.45, 2.75) is 240 Å². The van der Waals surface area contributed by atoms with Gasteiger partial charge >= 0.3 is 0 Å². The Labute approximate surface area is 438 Å². The zero-order valence-corrected chi connectivity index (χ0v) is 43.8. The molecular formula is C55H93NO18. The number of aliphatic hydroxyl groups excluding tert-OH is 11. The van der Waals surface area contributed by atoms with Gasteiger partial charge < -0.3 is 89.9 Å². The molecule has 19 nitrogen and oxygen atoms in total. The van der Waals surface area contributed by atoms with Gasteiger partial charge in [-0.05, 0) is 70.6 Å². The van der Waals surface area contributed by atoms with Gasteiger partial charge in [0, 0.05) is 6.42 Å². The SMILES string of the molecule is CC/C=C\C/C=C\C/C=C\CCCCCCCCCC(=O)NC(COC1OC(CO)C(OC2OC(CO)C(OC3OC(CO)C(O)C(O)C3O)C(O)C2O)C(O)C1O)C(O)/C=C/CC/C=C/CC/C=C/CCCC. The lowest BCUT2D eigenvalue weighted by Gasteiger charge is -2.48. The number of nitrogens with one attached hydrogen (secondary N) is 1. The van der Waals surface area contributed by atoms with Crippen molar-refractivity contribution in [2.24, 2.45) is 0 Å². The fraction of sp³-hybridized carbons (Fsp3) is 0.764. The van der Waals surface area contributed by atoms with Crippen LogP contribution in [0, 0.1) is 0 Å². The first-order chi connectivity index (χ1) is 35.8. The molecule has 0 radical (unpaired) electrons. The van der Waals surface area contributed by atoms with Gasteiger partial charge in [0.25, 0.3) is 0 Å². The quantitative estimate of drug-likeness (QED) is 0.0314. The minimum Gasteiger partial charge on any atom is -0.394 e. The Bertz CT molecular complexity index is 1640. The molecule has 3 aliphatic heterocycles. The smallest absolute Gasteiger partial charge is 0.220 e. The summed E-state index contributed by atoms with van der Waals surface area (Å²) in [6.07, 6.45) is 16.1. The van der Waals surface area contributed by atoms with Crippen LogP contribution in [-0.2, 0) is 33.2 Å². The lowest BCUT2D eigenvalue weighted by Crippen LogP contribution is -2.66. The van der Waals surface area contributed by atoms with Crippen LogP contribution in [-0.4, -0.2) is 193 Å². The van der Waals surface area contributed by atoms with Crippen LogP contribution in [0.15, 0.2) is 72.9 Å². The molecule has 0 spiro atoms. The molecule has 17 unspecified atom stereocenters. The van der Waals surface area contributed by atoms with E-state index in [1.807, 2.05) is 6.08 Å². The van der Waals surface area contributed by atoms with Crippen LogP contribution in [0.4, 0.5) is 0 Å². The van der Waals surface area contributed by atoms with Gasteiger partial charge in [0.1, 0.15) is 73.2 Å². The van der Waals surface area contributed by atoms with E-state index in [9.17, 15) is 61.0 Å². The summed E-state index contributed by atoms with van der Waals surface area (Å²) in [5.41, 5.74) is 0. The molecule has 3 saturated heterocycles. The number of rotatable bonds is 37. The van der Waals surface area contributed by atoms with Crippen LogP contribution in [0.5, 0.6) is 0 Å². The lowest BCUT2D eigenvalue weighted by molar-refractivity contribution is -0.379. The predicted molar refractivity (Wildman–Crippen MR) is 277 cm³/mol. The van der Waals surface area contributed by atoms with E-state index >= 15 is 0 Å². The van der Waals surface area contributed by atoms with Crippen molar-refractivity contribution in [1.82, 2.24) is 5.32 Å². The van der Waals surface area contributed by atoms with E-state index in [0.717, 1.165) is 89.9 Å². The van der Waals surface area contributed by atoms with Gasteiger partial charge in [0.2, 0.25) is 5.91 Å². The van der Waals surface area contributed by atoms with Gasteiger partial charge in [-0.1, -0.05) is 132 Å². The van der Waals surface area contributed by atoms with E-state index in [1.165, 1.54) is 12.8 Å². The second-order valence-electron chi connectivity index (χ2n) is 19.3. The number of amides is 1. The highest BCUT2D eigenvalue weighted by Gasteiger charge is 2.53. The molecule has 19 heteroatoms. The summed E-state index contributed by atoms with van der Waals surface area (Å²) in [5.74, 6) is -0.307. The second kappa shape index (κ2) is 38.7. The van der Waals surface area contributed by atoms with Crippen molar-refractivity contribution in [3.63, 3.8) is 0 Å². The summed E-state index contributed by atoms with van der Waals surface area (Å²) in [5, 5.41) is 120. The van der Waals surface area contributed by atoms with Crippen LogP contribution in [0.3, 0.4) is 0 Å². The van der Waals surface area contributed by atoms with Crippen molar-refractivity contribution in [2.75, 3.05) is 26.4 Å². The first-order valence-corrected chi connectivity index (χ1v) is 27.2. The maximum absolute atomic E-state index is 13.3. The van der Waals surface area contributed by atoms with Crippen LogP contribution in [0.1, 0.15) is 136 Å². The summed E-state index contributed by atoms with van der Waals surface area (Å²) in [7, 11) is 0. The largest absolute Gasteiger partial charge is 0.394 e. The molecule has 3 fully saturated rings. The highest BCUT2D eigenvalue weighted by atomic mass is 16.8. The van der Waals surface area contributed by atoms with Gasteiger partial charge in [-0.2, -0.15) is 0 Å². The molecule has 0 bridgehead atoms. The van der Waals surface area contributed by atoms with Crippen LogP contribution in [0.25, 0.3) is 0 Å². The number of carbonyl (C=O) groups is 1. The molecule has 0 aromatic rings. The number of unbranched alkanes of at least 4 members (excludes halogenated alkanes) is 11. The average Bonchev–Trinajstić information content (AvgIpc) is 3.40. The molecular weight excluding hydrogens is 963 g/mol. The third-order valence-corrected chi connectivity index (χ3v) is 13.2. The molecule has 17 atom stereocenters. The Balaban J connectivity index is 1.55. The molecule has 3 heterocycles. The maximum atomic E-state index is 13.3. The molecule has 3 rings (SSSR count). The predicted octanol–water partition coefficient (Wildman–Crippen LogP) is 3.09. The fourth-order valence-corrected chi connectivity index (χ4v) is 8.69. The highest BCUT2D eigenvalue weighted by molar-refractivity contribution is 5.76. The van der Waals surface area contributed by atoms with Gasteiger partial charge in [-0.25, -0.2) is 0 Å². The third-order valence-electron chi connectivity index (χ3n) is 13.2. The summed E-state index contributed by atoms with van der Waals surface area (Å²) in [6, 6.07) is -1.00. The van der Waals surface area contributed by atoms with E-state index in [2.05, 4.69) is 79.9 Å². The maximum Gasteiger partial charge on any atom is 0.220 e. The van der Waals surface area contributed by atoms with Crippen LogP contribution in [0.2, 0.25) is 0 Å². The molecule has 1 amide bonds. The topological polar surface area (TPSA) is 307 Å². The van der Waals surface area contributed by atoms with Gasteiger partial charge in [0.05, 0.1) is 38.6 Å². The molecule has 3 aliphatic rings. The number of carbonyl (C=O) groups excluding carboxylic acids is 1. The van der Waals surface area contributed by atoms with Gasteiger partial charge in [-0.15, -0.1) is 0 Å². The zero-order valence-electron chi connectivity index (χ0n) is 43.8. The fourth-order valence-electron chi connectivity index (χ4n) is 8.69. The van der Waals surface area contributed by atoms with Crippen LogP contribution >= 0.6 is 0 Å². The first kappa shape index (κ1) is 65.5. The number of allylic oxidation sites excluding steroid dienone is 11. The highest BCUT2D eigenvalue weighted by Crippen LogP contribution is 2.33. The zero-order chi connectivity index (χ0) is 54.1. The van der Waals surface area contributed by atoms with E-state index in [4.69, 9.17) is 28.4 Å². The number of hydrogen-bond donors (Lipinski definition) is 12. The average molecular weight is 1060 g/mol. The molecule has 0 aromatic heterocycles. The minimum absolute atomic E-state index is 0.216. The summed E-state index contributed by atoms with van der Waals surface area (Å²) in [6.45, 7) is 1.48. The minimum atomic E-state index is -1.98. The van der Waals surface area contributed by atoms with Crippen LogP contribution < -0.4 is 5.32 Å². The first-order valence-electron chi connectivity index (χ1n) is 27.2. The third kappa shape index (κ3) is 23.5. The van der Waals surface area contributed by atoms with Crippen molar-refractivity contribution >= 4 is 5.91 Å². The van der Waals surface area contributed by atoms with E-state index in [0.29, 0.717) is 12.8 Å². The number of hydrogen-bond acceptors (Lipinski definition) is 18. The Morgan fingerprint density at radius 2 is 0.946 bits per heavy atom. The van der Waals surface area contributed by atoms with Crippen molar-refractivity contribution in [3.05, 3.63) is 72.9 Å². The monoisotopic (exact) mass is 1060 g/mol. The second-order valence-corrected chi connectivity index (χ2v) is 19.3.